The van der Waals surface area contributed by atoms with E-state index in [1.807, 2.05) is 6.08 Å². The molecule has 2 fully saturated rings. The number of aliphatic hydroxyl groups excluding tert-OH is 1. The van der Waals surface area contributed by atoms with Crippen molar-refractivity contribution in [2.24, 2.45) is 35.5 Å². The van der Waals surface area contributed by atoms with Gasteiger partial charge < -0.3 is 5.11 Å². The first kappa shape index (κ1) is 8.28. The molecule has 0 amide bonds. The van der Waals surface area contributed by atoms with Crippen LogP contribution in [0.5, 0.6) is 0 Å². The SMILES string of the molecule is O=C1C=C[C@@H]2[C@H]3C=C[C@@H](O)[C@H]4[C@@H]3C[C@@H]2[C@@H]14. The van der Waals surface area contributed by atoms with Crippen LogP contribution in [0.4, 0.5) is 0 Å². The van der Waals surface area contributed by atoms with Gasteiger partial charge in [-0.05, 0) is 36.2 Å². The summed E-state index contributed by atoms with van der Waals surface area (Å²) in [6.07, 6.45) is 8.76. The van der Waals surface area contributed by atoms with Crippen molar-refractivity contribution >= 4 is 5.78 Å². The van der Waals surface area contributed by atoms with E-state index in [1.165, 1.54) is 0 Å². The minimum atomic E-state index is -0.377. The van der Waals surface area contributed by atoms with Crippen LogP contribution < -0.4 is 0 Å². The van der Waals surface area contributed by atoms with Gasteiger partial charge in [-0.15, -0.1) is 0 Å². The predicted octanol–water partition coefficient (Wildman–Crippen LogP) is 1.17. The van der Waals surface area contributed by atoms with Crippen LogP contribution >= 0.6 is 0 Å². The molecule has 15 heavy (non-hydrogen) atoms. The van der Waals surface area contributed by atoms with Crippen LogP contribution in [0.1, 0.15) is 6.42 Å². The Morgan fingerprint density at radius 1 is 1.13 bits per heavy atom. The lowest BCUT2D eigenvalue weighted by Gasteiger charge is -2.44. The van der Waals surface area contributed by atoms with E-state index in [-0.39, 0.29) is 23.7 Å². The Labute approximate surface area is 88.7 Å². The van der Waals surface area contributed by atoms with Gasteiger partial charge in [0.25, 0.3) is 0 Å². The molecule has 0 aliphatic heterocycles. The second kappa shape index (κ2) is 2.43. The normalized spacial score (nSPS) is 59.0. The molecule has 0 aromatic rings. The molecule has 4 rings (SSSR count). The number of carbonyl (C=O) groups is 1. The zero-order valence-electron chi connectivity index (χ0n) is 8.41. The van der Waals surface area contributed by atoms with Crippen LogP contribution in [0.15, 0.2) is 24.3 Å². The molecule has 0 heterocycles. The van der Waals surface area contributed by atoms with Crippen molar-refractivity contribution in [3.8, 4) is 0 Å². The molecule has 0 radical (unpaired) electrons. The summed E-state index contributed by atoms with van der Waals surface area (Å²) in [5.74, 6) is 2.89. The Kier molecular flexibility index (Phi) is 1.34. The van der Waals surface area contributed by atoms with E-state index in [0.717, 1.165) is 6.42 Å². The van der Waals surface area contributed by atoms with Gasteiger partial charge in [-0.1, -0.05) is 18.2 Å². The number of hydrogen-bond donors (Lipinski definition) is 1. The van der Waals surface area contributed by atoms with Crippen molar-refractivity contribution in [3.05, 3.63) is 24.3 Å². The summed E-state index contributed by atoms with van der Waals surface area (Å²) in [7, 11) is 0. The molecule has 7 atom stereocenters. The van der Waals surface area contributed by atoms with Crippen LogP contribution in [0, 0.1) is 35.5 Å². The van der Waals surface area contributed by atoms with E-state index in [0.29, 0.717) is 23.7 Å². The Bertz CT molecular complexity index is 395. The minimum Gasteiger partial charge on any atom is -0.389 e. The Morgan fingerprint density at radius 3 is 2.80 bits per heavy atom. The first-order valence-corrected chi connectivity index (χ1v) is 5.86. The summed E-state index contributed by atoms with van der Waals surface area (Å²) in [6.45, 7) is 0. The van der Waals surface area contributed by atoms with Gasteiger partial charge in [0.1, 0.15) is 0 Å². The third-order valence-electron chi connectivity index (χ3n) is 5.08. The van der Waals surface area contributed by atoms with Crippen LogP contribution in [0.3, 0.4) is 0 Å². The molecule has 0 saturated heterocycles. The highest BCUT2D eigenvalue weighted by atomic mass is 16.3. The summed E-state index contributed by atoms with van der Waals surface area (Å²) < 4.78 is 0. The fourth-order valence-corrected chi connectivity index (χ4v) is 4.65. The van der Waals surface area contributed by atoms with E-state index < -0.39 is 0 Å². The Balaban J connectivity index is 1.91. The zero-order valence-corrected chi connectivity index (χ0v) is 8.41. The number of carbonyl (C=O) groups excluding carboxylic acids is 1. The second-order valence-electron chi connectivity index (χ2n) is 5.46. The van der Waals surface area contributed by atoms with Crippen LogP contribution in [-0.4, -0.2) is 17.0 Å². The van der Waals surface area contributed by atoms with E-state index in [1.54, 1.807) is 6.08 Å². The van der Waals surface area contributed by atoms with Gasteiger partial charge in [0.05, 0.1) is 6.10 Å². The summed E-state index contributed by atoms with van der Waals surface area (Å²) >= 11 is 0. The number of fused-ring (bicyclic) bond motifs is 2. The van der Waals surface area contributed by atoms with Crippen molar-refractivity contribution in [3.63, 3.8) is 0 Å². The molecule has 2 nitrogen and oxygen atoms in total. The molecule has 0 spiro atoms. The molecule has 1 N–H and O–H groups in total. The van der Waals surface area contributed by atoms with Crippen LogP contribution in [0.25, 0.3) is 0 Å². The third kappa shape index (κ3) is 0.795. The van der Waals surface area contributed by atoms with Crippen molar-refractivity contribution < 1.29 is 9.90 Å². The van der Waals surface area contributed by atoms with E-state index in [2.05, 4.69) is 12.2 Å². The van der Waals surface area contributed by atoms with E-state index in [9.17, 15) is 9.90 Å². The molecule has 0 aromatic carbocycles. The Morgan fingerprint density at radius 2 is 1.93 bits per heavy atom. The lowest BCUT2D eigenvalue weighted by atomic mass is 9.60. The largest absolute Gasteiger partial charge is 0.389 e. The minimum absolute atomic E-state index is 0.126. The average molecular weight is 202 g/mol. The van der Waals surface area contributed by atoms with Crippen molar-refractivity contribution in [2.45, 2.75) is 12.5 Å². The highest BCUT2D eigenvalue weighted by molar-refractivity contribution is 5.94. The third-order valence-corrected chi connectivity index (χ3v) is 5.08. The van der Waals surface area contributed by atoms with Crippen LogP contribution in [0.2, 0.25) is 0 Å². The van der Waals surface area contributed by atoms with E-state index in [4.69, 9.17) is 0 Å². The van der Waals surface area contributed by atoms with Crippen molar-refractivity contribution in [1.82, 2.24) is 0 Å². The molecule has 0 aromatic heterocycles. The number of rotatable bonds is 0. The first-order chi connectivity index (χ1) is 7.27. The molecule has 4 aliphatic rings. The molecule has 2 saturated carbocycles. The van der Waals surface area contributed by atoms with Gasteiger partial charge in [0, 0.05) is 11.8 Å². The van der Waals surface area contributed by atoms with E-state index >= 15 is 0 Å². The zero-order chi connectivity index (χ0) is 10.2. The fraction of sp³-hybridized carbons (Fsp3) is 0.615. The predicted molar refractivity (Wildman–Crippen MR) is 54.9 cm³/mol. The summed E-state index contributed by atoms with van der Waals surface area (Å²) in [6, 6.07) is 0. The molecule has 0 unspecified atom stereocenters. The highest BCUT2D eigenvalue weighted by Gasteiger charge is 2.62. The maximum Gasteiger partial charge on any atom is 0.159 e. The summed E-state index contributed by atoms with van der Waals surface area (Å²) in [4.78, 5) is 11.9. The van der Waals surface area contributed by atoms with Gasteiger partial charge in [-0.25, -0.2) is 0 Å². The smallest absolute Gasteiger partial charge is 0.159 e. The second-order valence-corrected chi connectivity index (χ2v) is 5.46. The fourth-order valence-electron chi connectivity index (χ4n) is 4.65. The maximum atomic E-state index is 11.9. The quantitative estimate of drug-likeness (QED) is 0.599. The molecule has 78 valence electrons. The van der Waals surface area contributed by atoms with Gasteiger partial charge >= 0.3 is 0 Å². The van der Waals surface area contributed by atoms with Crippen molar-refractivity contribution in [1.29, 1.82) is 0 Å². The molecule has 2 heteroatoms. The number of ketones is 1. The lowest BCUT2D eigenvalue weighted by Crippen LogP contribution is -2.46. The molecule has 4 aliphatic carbocycles. The molecular weight excluding hydrogens is 188 g/mol. The van der Waals surface area contributed by atoms with Gasteiger partial charge in [-0.2, -0.15) is 0 Å². The average Bonchev–Trinajstić information content (AvgIpc) is 2.76. The first-order valence-electron chi connectivity index (χ1n) is 5.86. The summed E-state index contributed by atoms with van der Waals surface area (Å²) in [5.41, 5.74) is 0. The topological polar surface area (TPSA) is 37.3 Å². The number of aliphatic hydroxyl groups is 1. The molecular formula is C13H14O2. The standard InChI is InChI=1S/C13H14O2/c14-10-3-1-6-7-2-4-11(15)13-9(7)5-8(6)12(10)13/h1-4,6-10,12-14H,5H2/t6-,7-,8-,9+,10-,12-,13+/m1/s1. The molecule has 2 bridgehead atoms. The number of hydrogen-bond acceptors (Lipinski definition) is 2. The van der Waals surface area contributed by atoms with Crippen molar-refractivity contribution in [2.75, 3.05) is 0 Å². The lowest BCUT2D eigenvalue weighted by molar-refractivity contribution is -0.125. The van der Waals surface area contributed by atoms with Crippen LogP contribution in [-0.2, 0) is 4.79 Å². The highest BCUT2D eigenvalue weighted by Crippen LogP contribution is 2.63. The Hall–Kier alpha value is -0.890. The maximum absolute atomic E-state index is 11.9. The number of allylic oxidation sites excluding steroid dienone is 3. The monoisotopic (exact) mass is 202 g/mol. The summed E-state index contributed by atoms with van der Waals surface area (Å²) in [5, 5.41) is 9.98. The van der Waals surface area contributed by atoms with Gasteiger partial charge in [0.15, 0.2) is 5.78 Å². The van der Waals surface area contributed by atoms with Gasteiger partial charge in [-0.3, -0.25) is 4.79 Å². The van der Waals surface area contributed by atoms with Gasteiger partial charge in [0.2, 0.25) is 0 Å².